The molecule has 6 heteroatoms. The van der Waals surface area contributed by atoms with Crippen LogP contribution in [-0.4, -0.2) is 19.9 Å². The fraction of sp³-hybridized carbons (Fsp3) is 0. The van der Waals surface area contributed by atoms with E-state index >= 15 is 0 Å². The molecule has 0 spiro atoms. The van der Waals surface area contributed by atoms with Crippen LogP contribution in [-0.2, 0) is 0 Å². The number of benzene rings is 4. The van der Waals surface area contributed by atoms with Gasteiger partial charge in [0.15, 0.2) is 0 Å². The summed E-state index contributed by atoms with van der Waals surface area (Å²) in [6.45, 7) is 0. The predicted octanol–water partition coefficient (Wildman–Crippen LogP) is 11.7. The van der Waals surface area contributed by atoms with E-state index in [9.17, 15) is 4.91 Å². The molecule has 0 atom stereocenters. The van der Waals surface area contributed by atoms with Gasteiger partial charge in [-0.2, -0.15) is 0 Å². The van der Waals surface area contributed by atoms with Gasteiger partial charge in [0.05, 0.1) is 33.8 Å². The highest BCUT2D eigenvalue weighted by Crippen LogP contribution is 2.40. The van der Waals surface area contributed by atoms with Gasteiger partial charge in [-0.25, -0.2) is 9.97 Å². The molecule has 6 nitrogen and oxygen atoms in total. The Morgan fingerprint density at radius 3 is 1.16 bits per heavy atom. The van der Waals surface area contributed by atoms with E-state index in [0.29, 0.717) is 11.2 Å². The lowest BCUT2D eigenvalue weighted by Crippen LogP contribution is -1.89. The fourth-order valence-electron chi connectivity index (χ4n) is 6.97. The molecule has 4 aromatic carbocycles. The highest BCUT2D eigenvalue weighted by molar-refractivity contribution is 6.02. The smallest absolute Gasteiger partial charge is 0.134 e. The fourth-order valence-corrected chi connectivity index (χ4v) is 6.97. The summed E-state index contributed by atoms with van der Waals surface area (Å²) < 4.78 is 0. The van der Waals surface area contributed by atoms with Crippen molar-refractivity contribution in [3.8, 4) is 44.5 Å². The maximum atomic E-state index is 12.6. The molecular weight excluding hydrogens is 615 g/mol. The average molecular weight is 644 g/mol. The number of rotatable bonds is 5. The standard InChI is InChI=1S/C44H29N5O/c50-49-39-27-38-42(30-17-9-3-10-18-30)36-24-23-34(46-36)40(28-13-5-1-6-14-28)32-21-22-33(45-32)41(29-15-7-2-8-16-29)35-25-26-37(47-35)43(44(39)48-38)31-19-11-4-12-20-31/h1-27,45,48H. The van der Waals surface area contributed by atoms with Gasteiger partial charge in [0, 0.05) is 33.3 Å². The Labute approximate surface area is 288 Å². The molecule has 7 aromatic rings. The van der Waals surface area contributed by atoms with Gasteiger partial charge in [-0.15, -0.1) is 4.91 Å². The number of aromatic nitrogens is 4. The summed E-state index contributed by atoms with van der Waals surface area (Å²) in [6, 6.07) is 46.8. The molecule has 2 N–H and O–H groups in total. The van der Waals surface area contributed by atoms with E-state index in [1.807, 2.05) is 109 Å². The van der Waals surface area contributed by atoms with Crippen LogP contribution in [0, 0.1) is 4.91 Å². The monoisotopic (exact) mass is 643 g/mol. The van der Waals surface area contributed by atoms with Gasteiger partial charge >= 0.3 is 0 Å². The minimum Gasteiger partial charge on any atom is -0.354 e. The van der Waals surface area contributed by atoms with Gasteiger partial charge in [0.25, 0.3) is 0 Å². The molecule has 5 heterocycles. The number of aromatic amines is 2. The first-order valence-electron chi connectivity index (χ1n) is 16.5. The summed E-state index contributed by atoms with van der Waals surface area (Å²) in [5.41, 5.74) is 14.2. The van der Waals surface area contributed by atoms with Crippen molar-refractivity contribution in [3.63, 3.8) is 0 Å². The first-order chi connectivity index (χ1) is 24.7. The Balaban J connectivity index is 1.52. The maximum Gasteiger partial charge on any atom is 0.134 e. The van der Waals surface area contributed by atoms with Gasteiger partial charge in [-0.1, -0.05) is 121 Å². The Morgan fingerprint density at radius 2 is 0.760 bits per heavy atom. The van der Waals surface area contributed by atoms with Crippen molar-refractivity contribution < 1.29 is 0 Å². The van der Waals surface area contributed by atoms with Crippen molar-refractivity contribution in [2.24, 2.45) is 5.18 Å². The lowest BCUT2D eigenvalue weighted by molar-refractivity contribution is 1.31. The molecule has 0 saturated heterocycles. The summed E-state index contributed by atoms with van der Waals surface area (Å²) >= 11 is 0. The normalized spacial score (nSPS) is 11.9. The van der Waals surface area contributed by atoms with E-state index in [0.717, 1.165) is 83.8 Å². The number of hydrogen-bond donors (Lipinski definition) is 2. The van der Waals surface area contributed by atoms with Crippen molar-refractivity contribution in [3.05, 3.63) is 167 Å². The SMILES string of the molecule is O=Nc1cc2[nH]c1c(-c1ccccc1)c1nc(c(-c3ccccc3)c3ccc([nH]3)c(-c3ccccc3)c3nc(c2-c2ccccc2)C=C3)C=C1. The molecule has 0 saturated carbocycles. The van der Waals surface area contributed by atoms with E-state index in [-0.39, 0.29) is 0 Å². The van der Waals surface area contributed by atoms with E-state index in [4.69, 9.17) is 9.97 Å². The summed E-state index contributed by atoms with van der Waals surface area (Å²) in [6.07, 6.45) is 8.18. The number of H-pyrrole nitrogens is 2. The summed E-state index contributed by atoms with van der Waals surface area (Å²) in [4.78, 5) is 30.6. The molecule has 0 radical (unpaired) electrons. The van der Waals surface area contributed by atoms with Crippen molar-refractivity contribution in [2.45, 2.75) is 0 Å². The second-order valence-corrected chi connectivity index (χ2v) is 12.2. The summed E-state index contributed by atoms with van der Waals surface area (Å²) in [5, 5.41) is 3.55. The van der Waals surface area contributed by atoms with Crippen LogP contribution < -0.4 is 0 Å². The van der Waals surface area contributed by atoms with Crippen LogP contribution >= 0.6 is 0 Å². The molecule has 0 fully saturated rings. The molecule has 50 heavy (non-hydrogen) atoms. The maximum absolute atomic E-state index is 12.6. The molecule has 0 aliphatic carbocycles. The van der Waals surface area contributed by atoms with Crippen LogP contribution in [0.2, 0.25) is 0 Å². The molecule has 2 aliphatic heterocycles. The molecule has 0 unspecified atom stereocenters. The molecule has 8 bridgehead atoms. The summed E-state index contributed by atoms with van der Waals surface area (Å²) in [5.74, 6) is 0. The van der Waals surface area contributed by atoms with Crippen LogP contribution in [0.4, 0.5) is 5.69 Å². The topological polar surface area (TPSA) is 86.8 Å². The van der Waals surface area contributed by atoms with Crippen molar-refractivity contribution in [2.75, 3.05) is 0 Å². The zero-order chi connectivity index (χ0) is 33.4. The third kappa shape index (κ3) is 5.07. The van der Waals surface area contributed by atoms with Crippen LogP contribution in [0.1, 0.15) is 22.8 Å². The average Bonchev–Trinajstić information content (AvgIpc) is 4.00. The molecule has 236 valence electrons. The lowest BCUT2D eigenvalue weighted by atomic mass is 10.0. The number of hydrogen-bond acceptors (Lipinski definition) is 4. The molecular formula is C44H29N5O. The Bertz CT molecular complexity index is 2640. The third-order valence-electron chi connectivity index (χ3n) is 9.19. The van der Waals surface area contributed by atoms with Crippen molar-refractivity contribution >= 4 is 52.1 Å². The Morgan fingerprint density at radius 1 is 0.400 bits per heavy atom. The number of nitroso groups, excluding NO2 is 1. The second-order valence-electron chi connectivity index (χ2n) is 12.2. The quantitative estimate of drug-likeness (QED) is 0.183. The molecule has 3 aromatic heterocycles. The Hall–Kier alpha value is -6.92. The van der Waals surface area contributed by atoms with Crippen molar-refractivity contribution in [1.29, 1.82) is 0 Å². The van der Waals surface area contributed by atoms with Crippen LogP contribution in [0.25, 0.3) is 90.9 Å². The predicted molar refractivity (Wildman–Crippen MR) is 206 cm³/mol. The van der Waals surface area contributed by atoms with Gasteiger partial charge < -0.3 is 9.97 Å². The lowest BCUT2D eigenvalue weighted by Gasteiger charge is -2.07. The van der Waals surface area contributed by atoms with Gasteiger partial charge in [-0.3, -0.25) is 0 Å². The van der Waals surface area contributed by atoms with Gasteiger partial charge in [0.1, 0.15) is 5.69 Å². The number of fused-ring (bicyclic) bond motifs is 8. The minimum atomic E-state index is 0.297. The van der Waals surface area contributed by atoms with E-state index in [1.165, 1.54) is 0 Å². The molecule has 2 aliphatic rings. The van der Waals surface area contributed by atoms with Crippen LogP contribution in [0.5, 0.6) is 0 Å². The number of nitrogens with zero attached hydrogens (tertiary/aromatic N) is 3. The van der Waals surface area contributed by atoms with E-state index in [1.54, 1.807) is 0 Å². The first-order valence-corrected chi connectivity index (χ1v) is 16.5. The molecule has 9 rings (SSSR count). The van der Waals surface area contributed by atoms with Crippen LogP contribution in [0.15, 0.2) is 145 Å². The van der Waals surface area contributed by atoms with E-state index < -0.39 is 0 Å². The zero-order valence-corrected chi connectivity index (χ0v) is 26.8. The van der Waals surface area contributed by atoms with Gasteiger partial charge in [-0.05, 0) is 69.9 Å². The zero-order valence-electron chi connectivity index (χ0n) is 26.8. The first kappa shape index (κ1) is 29.2. The highest BCUT2D eigenvalue weighted by atomic mass is 16.3. The minimum absolute atomic E-state index is 0.297. The largest absolute Gasteiger partial charge is 0.354 e. The van der Waals surface area contributed by atoms with E-state index in [2.05, 4.69) is 69.8 Å². The van der Waals surface area contributed by atoms with Crippen LogP contribution in [0.3, 0.4) is 0 Å². The highest BCUT2D eigenvalue weighted by Gasteiger charge is 2.20. The molecule has 0 amide bonds. The number of nitrogens with one attached hydrogen (secondary N) is 2. The van der Waals surface area contributed by atoms with Gasteiger partial charge in [0.2, 0.25) is 0 Å². The summed E-state index contributed by atoms with van der Waals surface area (Å²) in [7, 11) is 0. The van der Waals surface area contributed by atoms with Crippen molar-refractivity contribution in [1.82, 2.24) is 19.9 Å². The second kappa shape index (κ2) is 12.3. The Kier molecular flexibility index (Phi) is 7.17. The third-order valence-corrected chi connectivity index (χ3v) is 9.19.